The van der Waals surface area contributed by atoms with Gasteiger partial charge in [0, 0.05) is 23.9 Å². The largest absolute Gasteiger partial charge is 0.466 e. The van der Waals surface area contributed by atoms with Crippen molar-refractivity contribution in [2.45, 2.75) is 26.2 Å². The molecule has 0 aromatic heterocycles. The molecule has 1 aromatic carbocycles. The highest BCUT2D eigenvalue weighted by Crippen LogP contribution is 2.28. The highest BCUT2D eigenvalue weighted by Gasteiger charge is 2.10. The molecule has 0 saturated heterocycles. The third-order valence-corrected chi connectivity index (χ3v) is 2.73. The zero-order valence-electron chi connectivity index (χ0n) is 10.4. The number of benzene rings is 1. The van der Waals surface area contributed by atoms with Crippen molar-refractivity contribution in [1.29, 1.82) is 0 Å². The number of carbonyl (C=O) groups is 2. The number of ether oxygens (including phenoxy) is 2. The quantitative estimate of drug-likeness (QED) is 0.595. The van der Waals surface area contributed by atoms with Gasteiger partial charge in [-0.05, 0) is 25.5 Å². The highest BCUT2D eigenvalue weighted by molar-refractivity contribution is 6.34. The average molecular weight is 305 g/mol. The molecule has 0 aliphatic rings. The van der Waals surface area contributed by atoms with Crippen LogP contribution in [0, 0.1) is 0 Å². The van der Waals surface area contributed by atoms with Gasteiger partial charge in [0.1, 0.15) is 0 Å². The van der Waals surface area contributed by atoms with Crippen LogP contribution in [0.3, 0.4) is 0 Å². The van der Waals surface area contributed by atoms with E-state index in [2.05, 4.69) is 0 Å². The van der Waals surface area contributed by atoms with Gasteiger partial charge in [-0.3, -0.25) is 9.59 Å². The second-order valence-electron chi connectivity index (χ2n) is 3.71. The van der Waals surface area contributed by atoms with E-state index in [1.165, 1.54) is 6.07 Å². The standard InChI is InChI=1S/C13H14Cl2O4/c1-2-18-12(16)4-3-5-13(17)19-11-8-9(14)6-7-10(11)15/h6-8H,2-5H2,1H3. The molecule has 19 heavy (non-hydrogen) atoms. The number of carbonyl (C=O) groups excluding carboxylic acids is 2. The Morgan fingerprint density at radius 2 is 1.84 bits per heavy atom. The van der Waals surface area contributed by atoms with E-state index in [0.29, 0.717) is 23.1 Å². The molecular formula is C13H14Cl2O4. The molecule has 1 aromatic rings. The molecule has 0 fully saturated rings. The van der Waals surface area contributed by atoms with E-state index in [9.17, 15) is 9.59 Å². The van der Waals surface area contributed by atoms with Gasteiger partial charge >= 0.3 is 11.9 Å². The maximum absolute atomic E-state index is 11.5. The van der Waals surface area contributed by atoms with Crippen molar-refractivity contribution in [2.75, 3.05) is 6.61 Å². The van der Waals surface area contributed by atoms with Crippen molar-refractivity contribution in [3.05, 3.63) is 28.2 Å². The third-order valence-electron chi connectivity index (χ3n) is 2.18. The first-order valence-corrected chi connectivity index (χ1v) is 6.60. The number of hydrogen-bond acceptors (Lipinski definition) is 4. The minimum absolute atomic E-state index is 0.113. The summed E-state index contributed by atoms with van der Waals surface area (Å²) in [5.41, 5.74) is 0. The summed E-state index contributed by atoms with van der Waals surface area (Å²) < 4.78 is 9.81. The Hall–Kier alpha value is -1.26. The minimum atomic E-state index is -0.464. The van der Waals surface area contributed by atoms with E-state index >= 15 is 0 Å². The van der Waals surface area contributed by atoms with Crippen LogP contribution in [0.2, 0.25) is 10.0 Å². The first-order chi connectivity index (χ1) is 9.02. The molecule has 0 spiro atoms. The third kappa shape index (κ3) is 5.94. The summed E-state index contributed by atoms with van der Waals surface area (Å²) in [7, 11) is 0. The molecule has 0 atom stereocenters. The lowest BCUT2D eigenvalue weighted by Crippen LogP contribution is -2.10. The minimum Gasteiger partial charge on any atom is -0.466 e. The van der Waals surface area contributed by atoms with Gasteiger partial charge in [0.2, 0.25) is 0 Å². The molecule has 1 rings (SSSR count). The lowest BCUT2D eigenvalue weighted by molar-refractivity contribution is -0.143. The van der Waals surface area contributed by atoms with Crippen LogP contribution in [0.25, 0.3) is 0 Å². The van der Waals surface area contributed by atoms with Gasteiger partial charge in [0.15, 0.2) is 5.75 Å². The predicted octanol–water partition coefficient (Wildman–Crippen LogP) is 3.63. The van der Waals surface area contributed by atoms with Crippen LogP contribution in [-0.2, 0) is 14.3 Å². The molecular weight excluding hydrogens is 291 g/mol. The molecule has 0 aliphatic heterocycles. The molecule has 0 bridgehead atoms. The van der Waals surface area contributed by atoms with Crippen molar-refractivity contribution in [3.8, 4) is 5.75 Å². The SMILES string of the molecule is CCOC(=O)CCCC(=O)Oc1cc(Cl)ccc1Cl. The van der Waals surface area contributed by atoms with Crippen LogP contribution in [0.4, 0.5) is 0 Å². The van der Waals surface area contributed by atoms with Crippen molar-refractivity contribution in [2.24, 2.45) is 0 Å². The smallest absolute Gasteiger partial charge is 0.311 e. The van der Waals surface area contributed by atoms with E-state index in [-0.39, 0.29) is 24.6 Å². The molecule has 0 N–H and O–H groups in total. The zero-order chi connectivity index (χ0) is 14.3. The summed E-state index contributed by atoms with van der Waals surface area (Å²) >= 11 is 11.6. The molecule has 0 unspecified atom stereocenters. The highest BCUT2D eigenvalue weighted by atomic mass is 35.5. The summed E-state index contributed by atoms with van der Waals surface area (Å²) in [6.07, 6.45) is 0.670. The van der Waals surface area contributed by atoms with Gasteiger partial charge in [0.05, 0.1) is 11.6 Å². The topological polar surface area (TPSA) is 52.6 Å². The molecule has 0 aliphatic carbocycles. The molecule has 0 heterocycles. The molecule has 0 saturated carbocycles. The maximum Gasteiger partial charge on any atom is 0.311 e. The van der Waals surface area contributed by atoms with Gasteiger partial charge in [-0.1, -0.05) is 23.2 Å². The summed E-state index contributed by atoms with van der Waals surface area (Å²) in [6.45, 7) is 2.06. The lowest BCUT2D eigenvalue weighted by atomic mass is 10.2. The van der Waals surface area contributed by atoms with Crippen LogP contribution in [-0.4, -0.2) is 18.5 Å². The number of esters is 2. The van der Waals surface area contributed by atoms with E-state index in [1.54, 1.807) is 19.1 Å². The van der Waals surface area contributed by atoms with Crippen molar-refractivity contribution in [3.63, 3.8) is 0 Å². The summed E-state index contributed by atoms with van der Waals surface area (Å²) in [4.78, 5) is 22.6. The van der Waals surface area contributed by atoms with E-state index in [4.69, 9.17) is 32.7 Å². The summed E-state index contributed by atoms with van der Waals surface area (Å²) in [5.74, 6) is -0.570. The summed E-state index contributed by atoms with van der Waals surface area (Å²) in [6, 6.07) is 4.61. The van der Waals surface area contributed by atoms with Gasteiger partial charge in [-0.25, -0.2) is 0 Å². The number of halogens is 2. The van der Waals surface area contributed by atoms with Gasteiger partial charge in [-0.15, -0.1) is 0 Å². The average Bonchev–Trinajstić information content (AvgIpc) is 2.34. The van der Waals surface area contributed by atoms with Crippen molar-refractivity contribution < 1.29 is 19.1 Å². The fourth-order valence-corrected chi connectivity index (χ4v) is 1.66. The Balaban J connectivity index is 2.39. The van der Waals surface area contributed by atoms with Crippen molar-refractivity contribution >= 4 is 35.1 Å². The van der Waals surface area contributed by atoms with Gasteiger partial charge in [-0.2, -0.15) is 0 Å². The normalized spacial score (nSPS) is 10.1. The number of hydrogen-bond donors (Lipinski definition) is 0. The Kier molecular flexibility index (Phi) is 6.67. The van der Waals surface area contributed by atoms with Crippen LogP contribution in [0.15, 0.2) is 18.2 Å². The molecule has 0 radical (unpaired) electrons. The van der Waals surface area contributed by atoms with Crippen LogP contribution in [0.5, 0.6) is 5.75 Å². The molecule has 104 valence electrons. The lowest BCUT2D eigenvalue weighted by Gasteiger charge is -2.06. The van der Waals surface area contributed by atoms with E-state index < -0.39 is 5.97 Å². The Bertz CT molecular complexity index is 460. The Morgan fingerprint density at radius 3 is 2.53 bits per heavy atom. The maximum atomic E-state index is 11.5. The van der Waals surface area contributed by atoms with Crippen molar-refractivity contribution in [1.82, 2.24) is 0 Å². The monoisotopic (exact) mass is 304 g/mol. The number of rotatable bonds is 6. The predicted molar refractivity (Wildman–Crippen MR) is 72.6 cm³/mol. The first kappa shape index (κ1) is 15.8. The Labute approximate surface area is 121 Å². The molecule has 6 heteroatoms. The molecule has 0 amide bonds. The van der Waals surface area contributed by atoms with E-state index in [0.717, 1.165) is 0 Å². The van der Waals surface area contributed by atoms with Crippen LogP contribution < -0.4 is 4.74 Å². The molecule has 4 nitrogen and oxygen atoms in total. The summed E-state index contributed by atoms with van der Waals surface area (Å²) in [5, 5.41) is 0.738. The zero-order valence-corrected chi connectivity index (χ0v) is 12.0. The fourth-order valence-electron chi connectivity index (χ4n) is 1.34. The van der Waals surface area contributed by atoms with Crippen LogP contribution >= 0.6 is 23.2 Å². The first-order valence-electron chi connectivity index (χ1n) is 5.84. The van der Waals surface area contributed by atoms with Gasteiger partial charge in [0.25, 0.3) is 0 Å². The fraction of sp³-hybridized carbons (Fsp3) is 0.385. The van der Waals surface area contributed by atoms with Crippen LogP contribution in [0.1, 0.15) is 26.2 Å². The van der Waals surface area contributed by atoms with E-state index in [1.807, 2.05) is 0 Å². The van der Waals surface area contributed by atoms with Gasteiger partial charge < -0.3 is 9.47 Å². The second-order valence-corrected chi connectivity index (χ2v) is 4.55. The Morgan fingerprint density at radius 1 is 1.16 bits per heavy atom. The second kappa shape index (κ2) is 8.02.